The van der Waals surface area contributed by atoms with Crippen LogP contribution in [0.5, 0.6) is 0 Å². The number of nitrogens with zero attached hydrogens (tertiary/aromatic N) is 1. The summed E-state index contributed by atoms with van der Waals surface area (Å²) >= 11 is 0. The van der Waals surface area contributed by atoms with E-state index in [0.717, 1.165) is 35.3 Å². The highest BCUT2D eigenvalue weighted by Crippen LogP contribution is 2.26. The molecule has 1 aromatic carbocycles. The monoisotopic (exact) mass is 240 g/mol. The summed E-state index contributed by atoms with van der Waals surface area (Å²) in [7, 11) is 0. The Morgan fingerprint density at radius 1 is 1.22 bits per heavy atom. The SMILES string of the molecule is OCc1ccc2nc(C3CC=CC=CC3)[nH]c2c1. The number of allylic oxidation sites excluding steroid dienone is 4. The van der Waals surface area contributed by atoms with Crippen molar-refractivity contribution in [2.75, 3.05) is 0 Å². The van der Waals surface area contributed by atoms with Crippen LogP contribution in [0, 0.1) is 0 Å². The number of imidazole rings is 1. The van der Waals surface area contributed by atoms with E-state index in [0.29, 0.717) is 5.92 Å². The van der Waals surface area contributed by atoms with Crippen LogP contribution in [0.2, 0.25) is 0 Å². The number of aliphatic hydroxyl groups is 1. The zero-order valence-corrected chi connectivity index (χ0v) is 10.1. The number of aromatic nitrogens is 2. The molecule has 0 unspecified atom stereocenters. The Morgan fingerprint density at radius 3 is 2.72 bits per heavy atom. The number of aliphatic hydroxyl groups excluding tert-OH is 1. The number of hydrogen-bond acceptors (Lipinski definition) is 2. The summed E-state index contributed by atoms with van der Waals surface area (Å²) < 4.78 is 0. The van der Waals surface area contributed by atoms with Gasteiger partial charge in [0, 0.05) is 5.92 Å². The molecule has 3 nitrogen and oxygen atoms in total. The summed E-state index contributed by atoms with van der Waals surface area (Å²) in [5.41, 5.74) is 2.89. The first-order valence-corrected chi connectivity index (χ1v) is 6.28. The fourth-order valence-electron chi connectivity index (χ4n) is 2.33. The second-order valence-corrected chi connectivity index (χ2v) is 4.66. The minimum Gasteiger partial charge on any atom is -0.392 e. The van der Waals surface area contributed by atoms with Crippen molar-refractivity contribution in [3.05, 3.63) is 53.9 Å². The van der Waals surface area contributed by atoms with Gasteiger partial charge in [0.25, 0.3) is 0 Å². The topological polar surface area (TPSA) is 48.9 Å². The largest absolute Gasteiger partial charge is 0.392 e. The molecule has 2 N–H and O–H groups in total. The lowest BCUT2D eigenvalue weighted by molar-refractivity contribution is 0.282. The van der Waals surface area contributed by atoms with Crippen molar-refractivity contribution in [1.29, 1.82) is 0 Å². The zero-order chi connectivity index (χ0) is 12.4. The van der Waals surface area contributed by atoms with Gasteiger partial charge in [-0.1, -0.05) is 30.4 Å². The van der Waals surface area contributed by atoms with Crippen molar-refractivity contribution in [3.8, 4) is 0 Å². The van der Waals surface area contributed by atoms with Gasteiger partial charge in [0.15, 0.2) is 0 Å². The molecule has 0 bridgehead atoms. The average molecular weight is 240 g/mol. The molecule has 0 radical (unpaired) electrons. The molecule has 1 aliphatic rings. The van der Waals surface area contributed by atoms with E-state index in [1.165, 1.54) is 0 Å². The summed E-state index contributed by atoms with van der Waals surface area (Å²) in [5, 5.41) is 9.14. The van der Waals surface area contributed by atoms with E-state index in [2.05, 4.69) is 34.3 Å². The molecular weight excluding hydrogens is 224 g/mol. The molecule has 3 rings (SSSR count). The van der Waals surface area contributed by atoms with E-state index in [9.17, 15) is 0 Å². The number of nitrogens with one attached hydrogen (secondary N) is 1. The van der Waals surface area contributed by atoms with E-state index in [1.807, 2.05) is 18.2 Å². The number of fused-ring (bicyclic) bond motifs is 1. The number of H-pyrrole nitrogens is 1. The number of benzene rings is 1. The van der Waals surface area contributed by atoms with Crippen molar-refractivity contribution < 1.29 is 5.11 Å². The van der Waals surface area contributed by atoms with Crippen molar-refractivity contribution in [3.63, 3.8) is 0 Å². The van der Waals surface area contributed by atoms with Crippen LogP contribution in [0.4, 0.5) is 0 Å². The molecular formula is C15H16N2O. The Morgan fingerprint density at radius 2 is 2.00 bits per heavy atom. The number of hydrogen-bond donors (Lipinski definition) is 2. The number of rotatable bonds is 2. The van der Waals surface area contributed by atoms with Gasteiger partial charge in [0.1, 0.15) is 5.82 Å². The summed E-state index contributed by atoms with van der Waals surface area (Å²) in [6.07, 6.45) is 10.6. The Bertz CT molecular complexity index is 596. The van der Waals surface area contributed by atoms with Crippen molar-refractivity contribution in [2.45, 2.75) is 25.4 Å². The summed E-state index contributed by atoms with van der Waals surface area (Å²) in [4.78, 5) is 8.03. The summed E-state index contributed by atoms with van der Waals surface area (Å²) in [6, 6.07) is 5.84. The number of aromatic amines is 1. The molecule has 0 spiro atoms. The maximum absolute atomic E-state index is 9.14. The smallest absolute Gasteiger partial charge is 0.110 e. The van der Waals surface area contributed by atoms with Gasteiger partial charge in [-0.15, -0.1) is 0 Å². The van der Waals surface area contributed by atoms with E-state index in [-0.39, 0.29) is 6.61 Å². The normalized spacial score (nSPS) is 16.3. The molecule has 0 amide bonds. The van der Waals surface area contributed by atoms with Gasteiger partial charge >= 0.3 is 0 Å². The molecule has 0 fully saturated rings. The predicted octanol–water partition coefficient (Wildman–Crippen LogP) is 3.05. The van der Waals surface area contributed by atoms with E-state index >= 15 is 0 Å². The third kappa shape index (κ3) is 2.09. The van der Waals surface area contributed by atoms with Gasteiger partial charge in [0.2, 0.25) is 0 Å². The minimum atomic E-state index is 0.0686. The molecule has 0 saturated heterocycles. The average Bonchev–Trinajstić information content (AvgIpc) is 2.63. The molecule has 18 heavy (non-hydrogen) atoms. The van der Waals surface area contributed by atoms with Gasteiger partial charge < -0.3 is 10.1 Å². The highest BCUT2D eigenvalue weighted by molar-refractivity contribution is 5.76. The lowest BCUT2D eigenvalue weighted by Crippen LogP contribution is -1.98. The first kappa shape index (κ1) is 11.2. The lowest BCUT2D eigenvalue weighted by atomic mass is 10.0. The van der Waals surface area contributed by atoms with Gasteiger partial charge in [0.05, 0.1) is 17.6 Å². The zero-order valence-electron chi connectivity index (χ0n) is 10.1. The third-order valence-corrected chi connectivity index (χ3v) is 3.36. The first-order valence-electron chi connectivity index (χ1n) is 6.28. The summed E-state index contributed by atoms with van der Waals surface area (Å²) in [5.74, 6) is 1.46. The highest BCUT2D eigenvalue weighted by atomic mass is 16.3. The van der Waals surface area contributed by atoms with Crippen LogP contribution >= 0.6 is 0 Å². The Hall–Kier alpha value is -1.87. The fraction of sp³-hybridized carbons (Fsp3) is 0.267. The van der Waals surface area contributed by atoms with E-state index in [4.69, 9.17) is 5.11 Å². The Labute approximate surface area is 106 Å². The molecule has 92 valence electrons. The van der Waals surface area contributed by atoms with Crippen LogP contribution in [0.15, 0.2) is 42.5 Å². The molecule has 1 heterocycles. The van der Waals surface area contributed by atoms with Gasteiger partial charge in [-0.2, -0.15) is 0 Å². The van der Waals surface area contributed by atoms with Crippen LogP contribution in [0.25, 0.3) is 11.0 Å². The lowest BCUT2D eigenvalue weighted by Gasteiger charge is -2.07. The van der Waals surface area contributed by atoms with E-state index in [1.54, 1.807) is 0 Å². The molecule has 0 atom stereocenters. The van der Waals surface area contributed by atoms with Crippen molar-refractivity contribution in [2.24, 2.45) is 0 Å². The molecule has 3 heteroatoms. The van der Waals surface area contributed by atoms with Crippen LogP contribution in [0.3, 0.4) is 0 Å². The molecule has 1 aliphatic carbocycles. The van der Waals surface area contributed by atoms with Gasteiger partial charge in [-0.25, -0.2) is 4.98 Å². The molecule has 2 aromatic rings. The standard InChI is InChI=1S/C15H16N2O/c18-10-11-7-8-13-14(9-11)17-15(16-13)12-5-3-1-2-4-6-12/h1-4,7-9,12,18H,5-6,10H2,(H,16,17). The van der Waals surface area contributed by atoms with Crippen LogP contribution in [-0.2, 0) is 6.61 Å². The molecule has 0 saturated carbocycles. The van der Waals surface area contributed by atoms with Gasteiger partial charge in [-0.3, -0.25) is 0 Å². The fourth-order valence-corrected chi connectivity index (χ4v) is 2.33. The predicted molar refractivity (Wildman–Crippen MR) is 72.3 cm³/mol. The molecule has 1 aromatic heterocycles. The highest BCUT2D eigenvalue weighted by Gasteiger charge is 2.14. The Balaban J connectivity index is 1.97. The van der Waals surface area contributed by atoms with Crippen molar-refractivity contribution >= 4 is 11.0 Å². The second kappa shape index (κ2) is 4.78. The third-order valence-electron chi connectivity index (χ3n) is 3.36. The summed E-state index contributed by atoms with van der Waals surface area (Å²) in [6.45, 7) is 0.0686. The van der Waals surface area contributed by atoms with Crippen LogP contribution < -0.4 is 0 Å². The van der Waals surface area contributed by atoms with Crippen LogP contribution in [-0.4, -0.2) is 15.1 Å². The maximum Gasteiger partial charge on any atom is 0.110 e. The minimum absolute atomic E-state index is 0.0686. The van der Waals surface area contributed by atoms with Crippen LogP contribution in [0.1, 0.15) is 30.1 Å². The van der Waals surface area contributed by atoms with Gasteiger partial charge in [-0.05, 0) is 30.5 Å². The first-order chi connectivity index (χ1) is 8.86. The second-order valence-electron chi connectivity index (χ2n) is 4.66. The quantitative estimate of drug-likeness (QED) is 0.847. The Kier molecular flexibility index (Phi) is 2.99. The maximum atomic E-state index is 9.14. The molecule has 0 aliphatic heterocycles. The van der Waals surface area contributed by atoms with E-state index < -0.39 is 0 Å². The van der Waals surface area contributed by atoms with Crippen molar-refractivity contribution in [1.82, 2.24) is 9.97 Å².